The second kappa shape index (κ2) is 3.41. The second-order valence-electron chi connectivity index (χ2n) is 3.90. The van der Waals surface area contributed by atoms with Gasteiger partial charge in [-0.1, -0.05) is 31.5 Å². The van der Waals surface area contributed by atoms with Crippen molar-refractivity contribution in [3.05, 3.63) is 29.3 Å². The molecular formula is C12H17N. The molecule has 1 nitrogen and oxygen atoms in total. The van der Waals surface area contributed by atoms with Crippen molar-refractivity contribution in [1.29, 1.82) is 0 Å². The van der Waals surface area contributed by atoms with Crippen LogP contribution < -0.4 is 5.73 Å². The van der Waals surface area contributed by atoms with E-state index in [0.717, 1.165) is 18.0 Å². The molecule has 0 saturated heterocycles. The zero-order chi connectivity index (χ0) is 9.26. The van der Waals surface area contributed by atoms with Gasteiger partial charge in [0.15, 0.2) is 0 Å². The number of nitrogens with two attached hydrogens (primary N) is 1. The molecule has 70 valence electrons. The Hall–Kier alpha value is -0.980. The number of anilines is 1. The van der Waals surface area contributed by atoms with E-state index in [9.17, 15) is 0 Å². The average Bonchev–Trinajstić information content (AvgIpc) is 2.05. The van der Waals surface area contributed by atoms with Crippen LogP contribution in [0.15, 0.2) is 18.2 Å². The van der Waals surface area contributed by atoms with Crippen LogP contribution in [-0.2, 0) is 6.42 Å². The summed E-state index contributed by atoms with van der Waals surface area (Å²) in [6.45, 7) is 2.16. The molecule has 0 spiro atoms. The maximum atomic E-state index is 6.10. The van der Waals surface area contributed by atoms with Crippen LogP contribution in [0.4, 0.5) is 5.69 Å². The van der Waals surface area contributed by atoms with Crippen LogP contribution in [0.3, 0.4) is 0 Å². The van der Waals surface area contributed by atoms with E-state index in [2.05, 4.69) is 25.1 Å². The van der Waals surface area contributed by atoms with E-state index in [-0.39, 0.29) is 0 Å². The smallest absolute Gasteiger partial charge is 0.0381 e. The molecule has 2 N–H and O–H groups in total. The number of para-hydroxylation sites is 1. The summed E-state index contributed by atoms with van der Waals surface area (Å²) < 4.78 is 0. The predicted octanol–water partition coefficient (Wildman–Crippen LogP) is 3.10. The van der Waals surface area contributed by atoms with Crippen molar-refractivity contribution < 1.29 is 0 Å². The Bertz CT molecular complexity index is 300. The van der Waals surface area contributed by atoms with Gasteiger partial charge in [-0.2, -0.15) is 0 Å². The SMILES string of the molecule is CCc1cccc(C2CCC2)c1N. The molecule has 0 aromatic heterocycles. The lowest BCUT2D eigenvalue weighted by atomic mass is 9.78. The summed E-state index contributed by atoms with van der Waals surface area (Å²) in [6.07, 6.45) is 5.08. The molecule has 1 fully saturated rings. The predicted molar refractivity (Wildman–Crippen MR) is 56.8 cm³/mol. The molecule has 0 unspecified atom stereocenters. The molecule has 1 heteroatoms. The highest BCUT2D eigenvalue weighted by Crippen LogP contribution is 2.39. The molecular weight excluding hydrogens is 158 g/mol. The zero-order valence-electron chi connectivity index (χ0n) is 8.22. The van der Waals surface area contributed by atoms with Crippen LogP contribution in [0.25, 0.3) is 0 Å². The maximum absolute atomic E-state index is 6.10. The van der Waals surface area contributed by atoms with Crippen LogP contribution in [-0.4, -0.2) is 0 Å². The lowest BCUT2D eigenvalue weighted by Gasteiger charge is -2.27. The number of rotatable bonds is 2. The monoisotopic (exact) mass is 175 g/mol. The highest BCUT2D eigenvalue weighted by Gasteiger charge is 2.21. The van der Waals surface area contributed by atoms with Gasteiger partial charge in [0.2, 0.25) is 0 Å². The molecule has 1 saturated carbocycles. The molecule has 1 aliphatic rings. The summed E-state index contributed by atoms with van der Waals surface area (Å²) in [6, 6.07) is 6.47. The summed E-state index contributed by atoms with van der Waals surface area (Å²) in [5.41, 5.74) is 9.86. The molecule has 0 heterocycles. The van der Waals surface area contributed by atoms with Gasteiger partial charge in [-0.25, -0.2) is 0 Å². The Balaban J connectivity index is 2.33. The Labute approximate surface area is 80.0 Å². The Kier molecular flexibility index (Phi) is 2.26. The molecule has 1 aromatic carbocycles. The third-order valence-electron chi connectivity index (χ3n) is 3.16. The second-order valence-corrected chi connectivity index (χ2v) is 3.90. The van der Waals surface area contributed by atoms with Gasteiger partial charge in [-0.3, -0.25) is 0 Å². The van der Waals surface area contributed by atoms with Crippen molar-refractivity contribution in [3.63, 3.8) is 0 Å². The summed E-state index contributed by atoms with van der Waals surface area (Å²) in [5.74, 6) is 0.756. The fourth-order valence-corrected chi connectivity index (χ4v) is 2.02. The molecule has 0 atom stereocenters. The van der Waals surface area contributed by atoms with Gasteiger partial charge in [0, 0.05) is 5.69 Å². The molecule has 2 rings (SSSR count). The van der Waals surface area contributed by atoms with E-state index in [1.54, 1.807) is 0 Å². The van der Waals surface area contributed by atoms with Gasteiger partial charge in [0.25, 0.3) is 0 Å². The standard InChI is InChI=1S/C12H17N/c1-2-9-5-4-8-11(12(9)13)10-6-3-7-10/h4-5,8,10H,2-3,6-7,13H2,1H3. The summed E-state index contributed by atoms with van der Waals surface area (Å²) in [5, 5.41) is 0. The topological polar surface area (TPSA) is 26.0 Å². The van der Waals surface area contributed by atoms with Crippen molar-refractivity contribution >= 4 is 5.69 Å². The summed E-state index contributed by atoms with van der Waals surface area (Å²) >= 11 is 0. The van der Waals surface area contributed by atoms with Gasteiger partial charge in [-0.05, 0) is 36.3 Å². The molecule has 0 amide bonds. The summed E-state index contributed by atoms with van der Waals surface area (Å²) in [4.78, 5) is 0. The Morgan fingerprint density at radius 2 is 2.15 bits per heavy atom. The van der Waals surface area contributed by atoms with Crippen molar-refractivity contribution in [2.24, 2.45) is 0 Å². The molecule has 1 aliphatic carbocycles. The van der Waals surface area contributed by atoms with Gasteiger partial charge in [0.05, 0.1) is 0 Å². The van der Waals surface area contributed by atoms with E-state index in [1.807, 2.05) is 0 Å². The van der Waals surface area contributed by atoms with Gasteiger partial charge < -0.3 is 5.73 Å². The normalized spacial score (nSPS) is 17.0. The van der Waals surface area contributed by atoms with E-state index in [4.69, 9.17) is 5.73 Å². The number of hydrogen-bond acceptors (Lipinski definition) is 1. The molecule has 13 heavy (non-hydrogen) atoms. The molecule has 0 aliphatic heterocycles. The molecule has 0 radical (unpaired) electrons. The largest absolute Gasteiger partial charge is 0.398 e. The minimum Gasteiger partial charge on any atom is -0.398 e. The lowest BCUT2D eigenvalue weighted by molar-refractivity contribution is 0.420. The van der Waals surface area contributed by atoms with Crippen molar-refractivity contribution in [3.8, 4) is 0 Å². The maximum Gasteiger partial charge on any atom is 0.0381 e. The lowest BCUT2D eigenvalue weighted by Crippen LogP contribution is -2.12. The van der Waals surface area contributed by atoms with Crippen LogP contribution in [0.1, 0.15) is 43.2 Å². The summed E-state index contributed by atoms with van der Waals surface area (Å²) in [7, 11) is 0. The van der Waals surface area contributed by atoms with Crippen molar-refractivity contribution in [2.75, 3.05) is 5.73 Å². The number of aryl methyl sites for hydroxylation is 1. The fraction of sp³-hybridized carbons (Fsp3) is 0.500. The Morgan fingerprint density at radius 3 is 2.69 bits per heavy atom. The third-order valence-corrected chi connectivity index (χ3v) is 3.16. The first kappa shape index (κ1) is 8.61. The number of nitrogen functional groups attached to an aromatic ring is 1. The highest BCUT2D eigenvalue weighted by molar-refractivity contribution is 5.55. The first-order chi connectivity index (χ1) is 6.33. The minimum atomic E-state index is 0.756. The van der Waals surface area contributed by atoms with Crippen LogP contribution in [0.2, 0.25) is 0 Å². The number of hydrogen-bond donors (Lipinski definition) is 1. The molecule has 0 bridgehead atoms. The van der Waals surface area contributed by atoms with Crippen molar-refractivity contribution in [2.45, 2.75) is 38.5 Å². The van der Waals surface area contributed by atoms with Gasteiger partial charge in [0.1, 0.15) is 0 Å². The average molecular weight is 175 g/mol. The highest BCUT2D eigenvalue weighted by atomic mass is 14.6. The third kappa shape index (κ3) is 1.43. The van der Waals surface area contributed by atoms with Crippen LogP contribution in [0, 0.1) is 0 Å². The van der Waals surface area contributed by atoms with Crippen molar-refractivity contribution in [1.82, 2.24) is 0 Å². The minimum absolute atomic E-state index is 0.756. The fourth-order valence-electron chi connectivity index (χ4n) is 2.02. The molecule has 1 aromatic rings. The van der Waals surface area contributed by atoms with Gasteiger partial charge in [-0.15, -0.1) is 0 Å². The van der Waals surface area contributed by atoms with E-state index >= 15 is 0 Å². The first-order valence-corrected chi connectivity index (χ1v) is 5.20. The van der Waals surface area contributed by atoms with E-state index in [0.29, 0.717) is 0 Å². The van der Waals surface area contributed by atoms with Crippen LogP contribution >= 0.6 is 0 Å². The number of benzene rings is 1. The van der Waals surface area contributed by atoms with E-state index < -0.39 is 0 Å². The quantitative estimate of drug-likeness (QED) is 0.687. The zero-order valence-corrected chi connectivity index (χ0v) is 8.22. The first-order valence-electron chi connectivity index (χ1n) is 5.20. The Morgan fingerprint density at radius 1 is 1.38 bits per heavy atom. The van der Waals surface area contributed by atoms with Gasteiger partial charge >= 0.3 is 0 Å². The van der Waals surface area contributed by atoms with Crippen LogP contribution in [0.5, 0.6) is 0 Å². The van der Waals surface area contributed by atoms with E-state index in [1.165, 1.54) is 30.4 Å².